The van der Waals surface area contributed by atoms with Crippen molar-refractivity contribution in [3.63, 3.8) is 0 Å². The van der Waals surface area contributed by atoms with E-state index in [1.807, 2.05) is 18.5 Å². The van der Waals surface area contributed by atoms with Crippen LogP contribution in [0.5, 0.6) is 0 Å². The lowest BCUT2D eigenvalue weighted by Gasteiger charge is -2.32. The molecule has 1 aromatic rings. The normalized spacial score (nSPS) is 25.4. The standard InChI is InChI=1S/C13H20N2O/c1-10-8-14-7-6-12(10)15-13-5-3-2-4-11(13)9-16/h6-8,11,13,16H,2-5,9H2,1H3,(H,14,15). The Kier molecular flexibility index (Phi) is 3.78. The number of rotatable bonds is 3. The van der Waals surface area contributed by atoms with Crippen LogP contribution in [0, 0.1) is 12.8 Å². The maximum atomic E-state index is 9.36. The van der Waals surface area contributed by atoms with Crippen molar-refractivity contribution in [2.24, 2.45) is 5.92 Å². The van der Waals surface area contributed by atoms with Gasteiger partial charge in [-0.05, 0) is 31.4 Å². The number of aliphatic hydroxyl groups excluding tert-OH is 1. The minimum atomic E-state index is 0.293. The van der Waals surface area contributed by atoms with Crippen molar-refractivity contribution in [1.82, 2.24) is 4.98 Å². The zero-order chi connectivity index (χ0) is 11.4. The number of hydrogen-bond donors (Lipinski definition) is 2. The van der Waals surface area contributed by atoms with Crippen LogP contribution in [0.2, 0.25) is 0 Å². The van der Waals surface area contributed by atoms with Gasteiger partial charge in [-0.25, -0.2) is 0 Å². The van der Waals surface area contributed by atoms with E-state index in [1.165, 1.54) is 18.4 Å². The summed E-state index contributed by atoms with van der Waals surface area (Å²) in [5, 5.41) is 12.9. The predicted molar refractivity (Wildman–Crippen MR) is 65.4 cm³/mol. The maximum Gasteiger partial charge on any atom is 0.0478 e. The number of anilines is 1. The zero-order valence-corrected chi connectivity index (χ0v) is 9.82. The van der Waals surface area contributed by atoms with Crippen molar-refractivity contribution in [1.29, 1.82) is 0 Å². The van der Waals surface area contributed by atoms with Gasteiger partial charge in [-0.1, -0.05) is 12.8 Å². The number of nitrogens with zero attached hydrogens (tertiary/aromatic N) is 1. The molecule has 0 aromatic carbocycles. The summed E-state index contributed by atoms with van der Waals surface area (Å²) in [5.41, 5.74) is 2.32. The highest BCUT2D eigenvalue weighted by Crippen LogP contribution is 2.27. The second-order valence-electron chi connectivity index (χ2n) is 4.67. The van der Waals surface area contributed by atoms with Crippen molar-refractivity contribution in [2.75, 3.05) is 11.9 Å². The fraction of sp³-hybridized carbons (Fsp3) is 0.615. The van der Waals surface area contributed by atoms with Gasteiger partial charge in [-0.15, -0.1) is 0 Å². The van der Waals surface area contributed by atoms with Gasteiger partial charge < -0.3 is 10.4 Å². The second-order valence-corrected chi connectivity index (χ2v) is 4.67. The highest BCUT2D eigenvalue weighted by molar-refractivity contribution is 5.49. The van der Waals surface area contributed by atoms with E-state index in [9.17, 15) is 5.11 Å². The van der Waals surface area contributed by atoms with Gasteiger partial charge in [0.15, 0.2) is 0 Å². The third-order valence-electron chi connectivity index (χ3n) is 3.50. The molecule has 1 heterocycles. The largest absolute Gasteiger partial charge is 0.396 e. The molecule has 0 radical (unpaired) electrons. The first-order valence-electron chi connectivity index (χ1n) is 6.09. The molecule has 1 aliphatic carbocycles. The highest BCUT2D eigenvalue weighted by atomic mass is 16.3. The van der Waals surface area contributed by atoms with E-state index < -0.39 is 0 Å². The zero-order valence-electron chi connectivity index (χ0n) is 9.82. The molecule has 1 aliphatic rings. The summed E-state index contributed by atoms with van der Waals surface area (Å²) in [4.78, 5) is 4.09. The van der Waals surface area contributed by atoms with Crippen LogP contribution in [0.3, 0.4) is 0 Å². The Balaban J connectivity index is 2.05. The third-order valence-corrected chi connectivity index (χ3v) is 3.50. The second kappa shape index (κ2) is 5.30. The Bertz CT molecular complexity index is 340. The van der Waals surface area contributed by atoms with Gasteiger partial charge in [-0.3, -0.25) is 4.98 Å². The molecule has 3 heteroatoms. The molecule has 0 saturated heterocycles. The average molecular weight is 220 g/mol. The first kappa shape index (κ1) is 11.4. The summed E-state index contributed by atoms with van der Waals surface area (Å²) in [7, 11) is 0. The smallest absolute Gasteiger partial charge is 0.0478 e. The summed E-state index contributed by atoms with van der Waals surface area (Å²) >= 11 is 0. The van der Waals surface area contributed by atoms with E-state index in [4.69, 9.17) is 0 Å². The number of nitrogens with one attached hydrogen (secondary N) is 1. The van der Waals surface area contributed by atoms with Gasteiger partial charge in [0.2, 0.25) is 0 Å². The maximum absolute atomic E-state index is 9.36. The van der Waals surface area contributed by atoms with E-state index in [2.05, 4.69) is 17.2 Å². The van der Waals surface area contributed by atoms with Gasteiger partial charge in [-0.2, -0.15) is 0 Å². The quantitative estimate of drug-likeness (QED) is 0.822. The summed E-state index contributed by atoms with van der Waals surface area (Å²) in [6.07, 6.45) is 8.49. The first-order chi connectivity index (χ1) is 7.81. The summed E-state index contributed by atoms with van der Waals surface area (Å²) in [6.45, 7) is 2.36. The fourth-order valence-corrected chi connectivity index (χ4v) is 2.45. The number of hydrogen-bond acceptors (Lipinski definition) is 3. The molecule has 0 aliphatic heterocycles. The van der Waals surface area contributed by atoms with E-state index in [1.54, 1.807) is 0 Å². The SMILES string of the molecule is Cc1cnccc1NC1CCCCC1CO. The monoisotopic (exact) mass is 220 g/mol. The molecule has 2 atom stereocenters. The molecule has 0 amide bonds. The third kappa shape index (κ3) is 2.53. The van der Waals surface area contributed by atoms with Crippen molar-refractivity contribution in [3.05, 3.63) is 24.0 Å². The van der Waals surface area contributed by atoms with Crippen LogP contribution in [0.25, 0.3) is 0 Å². The van der Waals surface area contributed by atoms with Crippen molar-refractivity contribution < 1.29 is 5.11 Å². The van der Waals surface area contributed by atoms with Crippen molar-refractivity contribution in [3.8, 4) is 0 Å². The molecule has 3 nitrogen and oxygen atoms in total. The molecule has 2 unspecified atom stereocenters. The van der Waals surface area contributed by atoms with Crippen LogP contribution in [0.1, 0.15) is 31.2 Å². The lowest BCUT2D eigenvalue weighted by molar-refractivity contribution is 0.178. The molecule has 2 N–H and O–H groups in total. The van der Waals surface area contributed by atoms with Gasteiger partial charge in [0.05, 0.1) is 0 Å². The Morgan fingerprint density at radius 3 is 3.00 bits per heavy atom. The summed E-state index contributed by atoms with van der Waals surface area (Å²) in [6, 6.07) is 2.43. The fourth-order valence-electron chi connectivity index (χ4n) is 2.45. The van der Waals surface area contributed by atoms with E-state index in [-0.39, 0.29) is 0 Å². The molecule has 1 aromatic heterocycles. The number of aliphatic hydroxyl groups is 1. The molecular weight excluding hydrogens is 200 g/mol. The molecule has 1 fully saturated rings. The highest BCUT2D eigenvalue weighted by Gasteiger charge is 2.24. The Morgan fingerprint density at radius 1 is 1.44 bits per heavy atom. The minimum Gasteiger partial charge on any atom is -0.396 e. The van der Waals surface area contributed by atoms with Crippen LogP contribution < -0.4 is 5.32 Å². The first-order valence-corrected chi connectivity index (χ1v) is 6.09. The number of aryl methyl sites for hydroxylation is 1. The van der Waals surface area contributed by atoms with Gasteiger partial charge in [0.25, 0.3) is 0 Å². The van der Waals surface area contributed by atoms with Crippen LogP contribution in [-0.4, -0.2) is 22.7 Å². The average Bonchev–Trinajstić information content (AvgIpc) is 2.33. The lowest BCUT2D eigenvalue weighted by Crippen LogP contribution is -2.34. The lowest BCUT2D eigenvalue weighted by atomic mass is 9.85. The number of pyridine rings is 1. The molecule has 0 spiro atoms. The molecular formula is C13H20N2O. The van der Waals surface area contributed by atoms with E-state index in [0.29, 0.717) is 18.6 Å². The molecule has 1 saturated carbocycles. The minimum absolute atomic E-state index is 0.293. The molecule has 88 valence electrons. The van der Waals surface area contributed by atoms with Crippen LogP contribution >= 0.6 is 0 Å². The number of aromatic nitrogens is 1. The molecule has 16 heavy (non-hydrogen) atoms. The van der Waals surface area contributed by atoms with E-state index >= 15 is 0 Å². The Hall–Kier alpha value is -1.09. The van der Waals surface area contributed by atoms with E-state index in [0.717, 1.165) is 18.5 Å². The molecule has 0 bridgehead atoms. The molecule has 2 rings (SSSR count). The van der Waals surface area contributed by atoms with Crippen molar-refractivity contribution >= 4 is 5.69 Å². The Morgan fingerprint density at radius 2 is 2.25 bits per heavy atom. The van der Waals surface area contributed by atoms with Crippen molar-refractivity contribution in [2.45, 2.75) is 38.6 Å². The predicted octanol–water partition coefficient (Wildman–Crippen LogP) is 2.35. The van der Waals surface area contributed by atoms with Gasteiger partial charge in [0.1, 0.15) is 0 Å². The Labute approximate surface area is 96.9 Å². The van der Waals surface area contributed by atoms with Crippen LogP contribution in [0.4, 0.5) is 5.69 Å². The summed E-state index contributed by atoms with van der Waals surface area (Å²) < 4.78 is 0. The van der Waals surface area contributed by atoms with Crippen LogP contribution in [0.15, 0.2) is 18.5 Å². The van der Waals surface area contributed by atoms with Crippen LogP contribution in [-0.2, 0) is 0 Å². The van der Waals surface area contributed by atoms with Gasteiger partial charge >= 0.3 is 0 Å². The topological polar surface area (TPSA) is 45.2 Å². The van der Waals surface area contributed by atoms with Gasteiger partial charge in [0, 0.05) is 36.6 Å². The summed E-state index contributed by atoms with van der Waals surface area (Å²) in [5.74, 6) is 0.404.